The average molecular weight is 320 g/mol. The summed E-state index contributed by atoms with van der Waals surface area (Å²) in [6, 6.07) is 5.04. The lowest BCUT2D eigenvalue weighted by Gasteiger charge is -2.23. The number of hydrogen-bond donors (Lipinski definition) is 4. The molecular weight excluding hydrogens is 296 g/mol. The fourth-order valence-corrected chi connectivity index (χ4v) is 2.34. The molecule has 1 aromatic heterocycles. The van der Waals surface area contributed by atoms with Gasteiger partial charge in [-0.3, -0.25) is 4.79 Å². The van der Waals surface area contributed by atoms with Crippen LogP contribution in [0.2, 0.25) is 0 Å². The molecule has 0 aliphatic rings. The number of aromatic hydroxyl groups is 1. The van der Waals surface area contributed by atoms with Crippen molar-refractivity contribution in [3.05, 3.63) is 29.5 Å². The van der Waals surface area contributed by atoms with E-state index in [4.69, 9.17) is 4.74 Å². The van der Waals surface area contributed by atoms with E-state index in [0.717, 1.165) is 5.39 Å². The van der Waals surface area contributed by atoms with Gasteiger partial charge in [-0.2, -0.15) is 0 Å². The van der Waals surface area contributed by atoms with Gasteiger partial charge < -0.3 is 25.3 Å². The summed E-state index contributed by atoms with van der Waals surface area (Å²) in [6.07, 6.45) is -0.713. The first-order chi connectivity index (χ1) is 10.7. The van der Waals surface area contributed by atoms with E-state index in [9.17, 15) is 15.0 Å². The largest absolute Gasteiger partial charge is 0.506 e. The van der Waals surface area contributed by atoms with Crippen LogP contribution >= 0.6 is 0 Å². The van der Waals surface area contributed by atoms with E-state index in [1.165, 1.54) is 6.92 Å². The Morgan fingerprint density at radius 1 is 1.39 bits per heavy atom. The zero-order valence-corrected chi connectivity index (χ0v) is 13.9. The number of nitrogens with one attached hydrogen (secondary N) is 2. The van der Waals surface area contributed by atoms with Crippen molar-refractivity contribution < 1.29 is 19.7 Å². The lowest BCUT2D eigenvalue weighted by Crippen LogP contribution is -2.38. The van der Waals surface area contributed by atoms with Crippen LogP contribution < -0.4 is 5.32 Å². The van der Waals surface area contributed by atoms with Crippen molar-refractivity contribution in [3.8, 4) is 5.75 Å². The van der Waals surface area contributed by atoms with Crippen molar-refractivity contribution in [2.75, 3.05) is 6.54 Å². The van der Waals surface area contributed by atoms with Gasteiger partial charge in [0.2, 0.25) is 0 Å². The number of hydrogen-bond acceptors (Lipinski definition) is 5. The standard InChI is InChI=1S/C17H24N2O4/c1-10(20)23-9-11-7-13-12(5-6-14(21)16(13)19-11)15(22)8-18-17(2,3)4/h5-7,15,18-19,21-22H,8-9H2,1-4H3. The number of ether oxygens (including phenoxy) is 1. The third-order valence-corrected chi connectivity index (χ3v) is 3.48. The highest BCUT2D eigenvalue weighted by molar-refractivity contribution is 5.89. The van der Waals surface area contributed by atoms with Crippen molar-refractivity contribution in [3.63, 3.8) is 0 Å². The first kappa shape index (κ1) is 17.3. The number of phenols is 1. The number of β-amino-alcohol motifs (C(OH)–C–C–N with tert-alkyl or cyclic N) is 1. The topological polar surface area (TPSA) is 94.6 Å². The highest BCUT2D eigenvalue weighted by Crippen LogP contribution is 2.31. The van der Waals surface area contributed by atoms with Gasteiger partial charge in [-0.05, 0) is 38.5 Å². The number of aliphatic hydroxyl groups excluding tert-OH is 1. The van der Waals surface area contributed by atoms with Crippen molar-refractivity contribution in [1.29, 1.82) is 0 Å². The summed E-state index contributed by atoms with van der Waals surface area (Å²) in [5.74, 6) is -0.281. The SMILES string of the molecule is CC(=O)OCc1cc2c(C(O)CNC(C)(C)C)ccc(O)c2[nH]1. The van der Waals surface area contributed by atoms with Crippen LogP contribution in [0.3, 0.4) is 0 Å². The van der Waals surface area contributed by atoms with E-state index in [1.54, 1.807) is 18.2 Å². The van der Waals surface area contributed by atoms with Crippen LogP contribution in [0.25, 0.3) is 10.9 Å². The summed E-state index contributed by atoms with van der Waals surface area (Å²) in [5.41, 5.74) is 1.80. The van der Waals surface area contributed by atoms with E-state index in [-0.39, 0.29) is 23.9 Å². The van der Waals surface area contributed by atoms with E-state index in [1.807, 2.05) is 20.8 Å². The molecule has 0 fully saturated rings. The minimum absolute atomic E-state index is 0.0915. The number of aromatic nitrogens is 1. The van der Waals surface area contributed by atoms with Gasteiger partial charge in [0.15, 0.2) is 0 Å². The molecule has 23 heavy (non-hydrogen) atoms. The molecule has 1 atom stereocenters. The van der Waals surface area contributed by atoms with Gasteiger partial charge in [0.1, 0.15) is 12.4 Å². The van der Waals surface area contributed by atoms with E-state index < -0.39 is 6.10 Å². The Hall–Kier alpha value is -2.05. The van der Waals surface area contributed by atoms with Gasteiger partial charge >= 0.3 is 5.97 Å². The maximum Gasteiger partial charge on any atom is 0.303 e. The molecule has 0 bridgehead atoms. The zero-order chi connectivity index (χ0) is 17.2. The molecule has 1 unspecified atom stereocenters. The van der Waals surface area contributed by atoms with Crippen molar-refractivity contribution in [1.82, 2.24) is 10.3 Å². The second kappa shape index (κ2) is 6.60. The molecule has 1 heterocycles. The molecule has 0 aliphatic carbocycles. The molecule has 0 radical (unpaired) electrons. The molecular formula is C17H24N2O4. The van der Waals surface area contributed by atoms with E-state index in [2.05, 4.69) is 10.3 Å². The average Bonchev–Trinajstić information content (AvgIpc) is 2.87. The maximum absolute atomic E-state index is 10.9. The van der Waals surface area contributed by atoms with Crippen molar-refractivity contribution in [2.45, 2.75) is 45.9 Å². The van der Waals surface area contributed by atoms with Crippen LogP contribution in [0.1, 0.15) is 45.1 Å². The normalized spacial score (nSPS) is 13.3. The molecule has 0 saturated carbocycles. The summed E-state index contributed by atoms with van der Waals surface area (Å²) in [7, 11) is 0. The number of fused-ring (bicyclic) bond motifs is 1. The second-order valence-corrected chi connectivity index (χ2v) is 6.68. The summed E-state index contributed by atoms with van der Waals surface area (Å²) in [5, 5.41) is 24.4. The van der Waals surface area contributed by atoms with Crippen molar-refractivity contribution in [2.24, 2.45) is 0 Å². The number of esters is 1. The Kier molecular flexibility index (Phi) is 4.97. The molecule has 0 spiro atoms. The Balaban J connectivity index is 2.29. The zero-order valence-electron chi connectivity index (χ0n) is 13.9. The lowest BCUT2D eigenvalue weighted by molar-refractivity contribution is -0.142. The summed E-state index contributed by atoms with van der Waals surface area (Å²) < 4.78 is 4.96. The molecule has 4 N–H and O–H groups in total. The molecule has 6 heteroatoms. The van der Waals surface area contributed by atoms with Crippen LogP contribution in [0.4, 0.5) is 0 Å². The van der Waals surface area contributed by atoms with Gasteiger partial charge in [0.25, 0.3) is 0 Å². The van der Waals surface area contributed by atoms with Crippen LogP contribution in [-0.2, 0) is 16.1 Å². The molecule has 2 aromatic rings. The molecule has 0 saturated heterocycles. The number of rotatable bonds is 5. The number of phenolic OH excluding ortho intramolecular Hbond substituents is 1. The molecule has 6 nitrogen and oxygen atoms in total. The smallest absolute Gasteiger partial charge is 0.303 e. The minimum atomic E-state index is -0.713. The lowest BCUT2D eigenvalue weighted by atomic mass is 10.0. The predicted molar refractivity (Wildman–Crippen MR) is 88.1 cm³/mol. The molecule has 126 valence electrons. The van der Waals surface area contributed by atoms with Crippen molar-refractivity contribution >= 4 is 16.9 Å². The maximum atomic E-state index is 10.9. The Labute approximate surface area is 135 Å². The number of H-pyrrole nitrogens is 1. The fraction of sp³-hybridized carbons (Fsp3) is 0.471. The van der Waals surface area contributed by atoms with E-state index in [0.29, 0.717) is 23.3 Å². The second-order valence-electron chi connectivity index (χ2n) is 6.68. The third-order valence-electron chi connectivity index (χ3n) is 3.48. The quantitative estimate of drug-likeness (QED) is 0.635. The number of aliphatic hydroxyl groups is 1. The van der Waals surface area contributed by atoms with Gasteiger partial charge in [-0.1, -0.05) is 6.07 Å². The summed E-state index contributed by atoms with van der Waals surface area (Å²) in [6.45, 7) is 7.92. The van der Waals surface area contributed by atoms with Crippen LogP contribution in [0.5, 0.6) is 5.75 Å². The first-order valence-corrected chi connectivity index (χ1v) is 7.57. The Morgan fingerprint density at radius 2 is 2.09 bits per heavy atom. The molecule has 1 aromatic carbocycles. The van der Waals surface area contributed by atoms with E-state index >= 15 is 0 Å². The van der Waals surface area contributed by atoms with Gasteiger partial charge in [-0.25, -0.2) is 0 Å². The number of aromatic amines is 1. The third kappa shape index (κ3) is 4.46. The van der Waals surface area contributed by atoms with Crippen LogP contribution in [0.15, 0.2) is 18.2 Å². The van der Waals surface area contributed by atoms with Crippen LogP contribution in [-0.4, -0.2) is 33.3 Å². The highest BCUT2D eigenvalue weighted by atomic mass is 16.5. The summed E-state index contributed by atoms with van der Waals surface area (Å²) in [4.78, 5) is 13.9. The minimum Gasteiger partial charge on any atom is -0.506 e. The highest BCUT2D eigenvalue weighted by Gasteiger charge is 2.18. The molecule has 0 amide bonds. The number of carbonyl (C=O) groups excluding carboxylic acids is 1. The molecule has 2 rings (SSSR count). The Bertz CT molecular complexity index is 700. The van der Waals surface area contributed by atoms with Gasteiger partial charge in [-0.15, -0.1) is 0 Å². The van der Waals surface area contributed by atoms with Gasteiger partial charge in [0, 0.05) is 24.4 Å². The number of carbonyl (C=O) groups is 1. The predicted octanol–water partition coefficient (Wildman–Crippen LogP) is 2.36. The molecule has 0 aliphatic heterocycles. The fourth-order valence-electron chi connectivity index (χ4n) is 2.34. The van der Waals surface area contributed by atoms with Crippen LogP contribution in [0, 0.1) is 0 Å². The summed E-state index contributed by atoms with van der Waals surface area (Å²) >= 11 is 0. The Morgan fingerprint density at radius 3 is 2.70 bits per heavy atom. The number of benzene rings is 1. The van der Waals surface area contributed by atoms with Gasteiger partial charge in [0.05, 0.1) is 17.3 Å². The monoisotopic (exact) mass is 320 g/mol. The first-order valence-electron chi connectivity index (χ1n) is 7.57.